The molecule has 0 bridgehead atoms. The molecule has 1 atom stereocenters. The van der Waals surface area contributed by atoms with E-state index in [9.17, 15) is 0 Å². The van der Waals surface area contributed by atoms with Crippen LogP contribution in [0.1, 0.15) is 24.6 Å². The van der Waals surface area contributed by atoms with Gasteiger partial charge in [-0.05, 0) is 19.4 Å². The molecule has 1 aromatic heterocycles. The summed E-state index contributed by atoms with van der Waals surface area (Å²) >= 11 is 0. The predicted octanol–water partition coefficient (Wildman–Crippen LogP) is 0.845. The van der Waals surface area contributed by atoms with Gasteiger partial charge in [-0.2, -0.15) is 0 Å². The molecule has 1 aliphatic rings. The van der Waals surface area contributed by atoms with Crippen LogP contribution >= 0.6 is 0 Å². The molecule has 0 unspecified atom stereocenters. The lowest BCUT2D eigenvalue weighted by Gasteiger charge is -2.09. The van der Waals surface area contributed by atoms with Gasteiger partial charge in [-0.15, -0.1) is 0 Å². The van der Waals surface area contributed by atoms with Gasteiger partial charge in [0.2, 0.25) is 0 Å². The van der Waals surface area contributed by atoms with Crippen molar-refractivity contribution < 1.29 is 0 Å². The monoisotopic (exact) mass is 151 g/mol. The van der Waals surface area contributed by atoms with Crippen LogP contribution in [0.2, 0.25) is 0 Å². The van der Waals surface area contributed by atoms with Gasteiger partial charge in [0.25, 0.3) is 0 Å². The third-order valence-corrected chi connectivity index (χ3v) is 2.27. The molecule has 0 aromatic carbocycles. The first-order chi connectivity index (χ1) is 5.38. The highest BCUT2D eigenvalue weighted by molar-refractivity contribution is 5.06. The van der Waals surface area contributed by atoms with Gasteiger partial charge >= 0.3 is 0 Å². The number of nitrogens with zero attached hydrogens (tertiary/aromatic N) is 2. The molecule has 3 heteroatoms. The molecule has 0 amide bonds. The number of hydrogen-bond donors (Lipinski definition) is 1. The molecule has 0 radical (unpaired) electrons. The van der Waals surface area contributed by atoms with Gasteiger partial charge in [-0.3, -0.25) is 0 Å². The summed E-state index contributed by atoms with van der Waals surface area (Å²) in [6.45, 7) is 1.15. The normalized spacial score (nSPS) is 24.3. The van der Waals surface area contributed by atoms with E-state index < -0.39 is 0 Å². The molecule has 1 aromatic rings. The molecule has 1 fully saturated rings. The topological polar surface area (TPSA) is 29.9 Å². The molecule has 3 nitrogen and oxygen atoms in total. The van der Waals surface area contributed by atoms with E-state index in [2.05, 4.69) is 14.9 Å². The van der Waals surface area contributed by atoms with Gasteiger partial charge in [0.15, 0.2) is 0 Å². The maximum Gasteiger partial charge on any atom is 0.0946 e. The van der Waals surface area contributed by atoms with Crippen molar-refractivity contribution in [1.82, 2.24) is 14.9 Å². The molecule has 11 heavy (non-hydrogen) atoms. The average Bonchev–Trinajstić information content (AvgIpc) is 2.55. The summed E-state index contributed by atoms with van der Waals surface area (Å²) in [6, 6.07) is 0.544. The maximum absolute atomic E-state index is 4.09. The van der Waals surface area contributed by atoms with Crippen LogP contribution in [-0.4, -0.2) is 16.1 Å². The number of hydrogen-bond acceptors (Lipinski definition) is 2. The van der Waals surface area contributed by atoms with Crippen molar-refractivity contribution in [3.63, 3.8) is 0 Å². The first kappa shape index (κ1) is 6.85. The van der Waals surface area contributed by atoms with Crippen LogP contribution in [0, 0.1) is 0 Å². The highest BCUT2D eigenvalue weighted by Gasteiger charge is 2.17. The van der Waals surface area contributed by atoms with Crippen LogP contribution in [0.25, 0.3) is 0 Å². The summed E-state index contributed by atoms with van der Waals surface area (Å²) < 4.78 is 2.09. The van der Waals surface area contributed by atoms with Gasteiger partial charge in [-0.1, -0.05) is 0 Å². The van der Waals surface area contributed by atoms with E-state index in [-0.39, 0.29) is 0 Å². The third kappa shape index (κ3) is 1.16. The van der Waals surface area contributed by atoms with Crippen LogP contribution in [-0.2, 0) is 7.05 Å². The number of aryl methyl sites for hydroxylation is 1. The Kier molecular flexibility index (Phi) is 1.66. The lowest BCUT2D eigenvalue weighted by Crippen LogP contribution is -2.15. The van der Waals surface area contributed by atoms with E-state index in [1.165, 1.54) is 18.5 Å². The Morgan fingerprint density at radius 3 is 3.18 bits per heavy atom. The molecule has 1 aliphatic heterocycles. The second-order valence-corrected chi connectivity index (χ2v) is 3.08. The standard InChI is InChI=1S/C8H13N3/c1-11-6-9-5-8(11)7-3-2-4-10-7/h5-7,10H,2-4H2,1H3/t7-/m0/s1. The fourth-order valence-electron chi connectivity index (χ4n) is 1.64. The van der Waals surface area contributed by atoms with Crippen molar-refractivity contribution in [3.8, 4) is 0 Å². The van der Waals surface area contributed by atoms with E-state index in [1.54, 1.807) is 0 Å². The number of aromatic nitrogens is 2. The lowest BCUT2D eigenvalue weighted by atomic mass is 10.2. The summed E-state index contributed by atoms with van der Waals surface area (Å²) in [5.41, 5.74) is 1.31. The summed E-state index contributed by atoms with van der Waals surface area (Å²) in [5, 5.41) is 3.44. The van der Waals surface area contributed by atoms with Gasteiger partial charge in [0.05, 0.1) is 12.0 Å². The average molecular weight is 151 g/mol. The molecule has 2 rings (SSSR count). The highest BCUT2D eigenvalue weighted by Crippen LogP contribution is 2.21. The number of imidazole rings is 1. The smallest absolute Gasteiger partial charge is 0.0946 e. The Balaban J connectivity index is 2.21. The molecule has 60 valence electrons. The van der Waals surface area contributed by atoms with Crippen LogP contribution in [0.15, 0.2) is 12.5 Å². The Bertz CT molecular complexity index is 235. The van der Waals surface area contributed by atoms with E-state index in [0.29, 0.717) is 6.04 Å². The van der Waals surface area contributed by atoms with Gasteiger partial charge < -0.3 is 9.88 Å². The van der Waals surface area contributed by atoms with Crippen LogP contribution in [0.3, 0.4) is 0 Å². The first-order valence-electron chi connectivity index (χ1n) is 4.07. The molecular weight excluding hydrogens is 138 g/mol. The van der Waals surface area contributed by atoms with Crippen LogP contribution in [0.5, 0.6) is 0 Å². The fourth-order valence-corrected chi connectivity index (χ4v) is 1.64. The highest BCUT2D eigenvalue weighted by atomic mass is 15.1. The second kappa shape index (κ2) is 2.66. The molecular formula is C8H13N3. The zero-order valence-corrected chi connectivity index (χ0v) is 6.75. The molecule has 2 heterocycles. The number of rotatable bonds is 1. The molecule has 0 spiro atoms. The Morgan fingerprint density at radius 2 is 2.64 bits per heavy atom. The minimum absolute atomic E-state index is 0.544. The summed E-state index contributed by atoms with van der Waals surface area (Å²) in [6.07, 6.45) is 6.34. The Morgan fingerprint density at radius 1 is 1.73 bits per heavy atom. The quantitative estimate of drug-likeness (QED) is 0.644. The van der Waals surface area contributed by atoms with Crippen molar-refractivity contribution in [3.05, 3.63) is 18.2 Å². The fraction of sp³-hybridized carbons (Fsp3) is 0.625. The maximum atomic E-state index is 4.09. The van der Waals surface area contributed by atoms with Crippen LogP contribution < -0.4 is 5.32 Å². The van der Waals surface area contributed by atoms with Crippen molar-refractivity contribution >= 4 is 0 Å². The Hall–Kier alpha value is -0.830. The molecule has 0 aliphatic carbocycles. The first-order valence-corrected chi connectivity index (χ1v) is 4.07. The minimum Gasteiger partial charge on any atom is -0.336 e. The van der Waals surface area contributed by atoms with E-state index >= 15 is 0 Å². The lowest BCUT2D eigenvalue weighted by molar-refractivity contribution is 0.599. The van der Waals surface area contributed by atoms with Crippen molar-refractivity contribution in [2.75, 3.05) is 6.54 Å². The van der Waals surface area contributed by atoms with Gasteiger partial charge in [0.1, 0.15) is 0 Å². The zero-order valence-electron chi connectivity index (χ0n) is 6.75. The third-order valence-electron chi connectivity index (χ3n) is 2.27. The molecule has 1 saturated heterocycles. The van der Waals surface area contributed by atoms with Crippen molar-refractivity contribution in [2.45, 2.75) is 18.9 Å². The van der Waals surface area contributed by atoms with Crippen LogP contribution in [0.4, 0.5) is 0 Å². The summed E-state index contributed by atoms with van der Waals surface area (Å²) in [5.74, 6) is 0. The minimum atomic E-state index is 0.544. The molecule has 0 saturated carbocycles. The second-order valence-electron chi connectivity index (χ2n) is 3.08. The van der Waals surface area contributed by atoms with E-state index in [0.717, 1.165) is 6.54 Å². The Labute approximate surface area is 66.4 Å². The number of nitrogens with one attached hydrogen (secondary N) is 1. The summed E-state index contributed by atoms with van der Waals surface area (Å²) in [7, 11) is 2.04. The van der Waals surface area contributed by atoms with Crippen molar-refractivity contribution in [2.24, 2.45) is 7.05 Å². The van der Waals surface area contributed by atoms with Gasteiger partial charge in [-0.25, -0.2) is 4.98 Å². The summed E-state index contributed by atoms with van der Waals surface area (Å²) in [4.78, 5) is 4.09. The molecule has 1 N–H and O–H groups in total. The van der Waals surface area contributed by atoms with E-state index in [1.807, 2.05) is 19.6 Å². The predicted molar refractivity (Wildman–Crippen MR) is 43.2 cm³/mol. The SMILES string of the molecule is Cn1cncc1[C@@H]1CCCN1. The van der Waals surface area contributed by atoms with Gasteiger partial charge in [0, 0.05) is 19.3 Å². The van der Waals surface area contributed by atoms with Crippen molar-refractivity contribution in [1.29, 1.82) is 0 Å². The zero-order chi connectivity index (χ0) is 7.68. The largest absolute Gasteiger partial charge is 0.336 e. The van der Waals surface area contributed by atoms with E-state index in [4.69, 9.17) is 0 Å².